The quantitative estimate of drug-likeness (QED) is 0.192. The summed E-state index contributed by atoms with van der Waals surface area (Å²) in [7, 11) is 0. The zero-order chi connectivity index (χ0) is 29.3. The first-order valence-electron chi connectivity index (χ1n) is 15.0. The Kier molecular flexibility index (Phi) is 5.58. The molecule has 204 valence electrons. The summed E-state index contributed by atoms with van der Waals surface area (Å²) in [5.74, 6) is 0. The predicted octanol–water partition coefficient (Wildman–Crippen LogP) is 12.1. The molecular weight excluding hydrogens is 516 g/mol. The van der Waals surface area contributed by atoms with E-state index in [1.165, 1.54) is 76.8 Å². The second-order valence-corrected chi connectivity index (χ2v) is 12.2. The van der Waals surface area contributed by atoms with E-state index in [0.29, 0.717) is 0 Å². The number of benzene rings is 7. The van der Waals surface area contributed by atoms with Crippen molar-refractivity contribution in [3.8, 4) is 33.4 Å². The Labute approximate surface area is 253 Å². The fourth-order valence-corrected chi connectivity index (χ4v) is 7.46. The van der Waals surface area contributed by atoms with Gasteiger partial charge in [0.25, 0.3) is 0 Å². The summed E-state index contributed by atoms with van der Waals surface area (Å²) in [4.78, 5) is 0. The Morgan fingerprint density at radius 2 is 1.14 bits per heavy atom. The van der Waals surface area contributed by atoms with Gasteiger partial charge < -0.3 is 0 Å². The molecule has 0 aliphatic heterocycles. The van der Waals surface area contributed by atoms with Crippen molar-refractivity contribution >= 4 is 44.5 Å². The molecule has 0 N–H and O–H groups in total. The lowest BCUT2D eigenvalue weighted by Gasteiger charge is -2.22. The Balaban J connectivity index is 1.40. The Bertz CT molecular complexity index is 2290. The zero-order valence-corrected chi connectivity index (χ0v) is 24.6. The lowest BCUT2D eigenvalue weighted by molar-refractivity contribution is 0.660. The molecule has 0 amide bonds. The van der Waals surface area contributed by atoms with E-state index in [-0.39, 0.29) is 5.41 Å². The number of hydrogen-bond donors (Lipinski definition) is 0. The smallest absolute Gasteiger partial charge is 0.0159 e. The molecule has 0 saturated heterocycles. The van der Waals surface area contributed by atoms with Crippen molar-refractivity contribution < 1.29 is 0 Å². The van der Waals surface area contributed by atoms with Gasteiger partial charge in [0.05, 0.1) is 0 Å². The summed E-state index contributed by atoms with van der Waals surface area (Å²) < 4.78 is 0. The molecule has 0 aromatic heterocycles. The van der Waals surface area contributed by atoms with Gasteiger partial charge in [-0.1, -0.05) is 136 Å². The fourth-order valence-electron chi connectivity index (χ4n) is 7.46. The van der Waals surface area contributed by atoms with Crippen molar-refractivity contribution in [2.24, 2.45) is 0 Å². The number of rotatable bonds is 4. The minimum Gasteiger partial charge on any atom is -0.0984 e. The van der Waals surface area contributed by atoms with E-state index in [1.54, 1.807) is 0 Å². The van der Waals surface area contributed by atoms with Crippen LogP contribution in [0.15, 0.2) is 134 Å². The van der Waals surface area contributed by atoms with E-state index < -0.39 is 0 Å². The minimum absolute atomic E-state index is 0.0440. The van der Waals surface area contributed by atoms with E-state index >= 15 is 0 Å². The van der Waals surface area contributed by atoms with Crippen molar-refractivity contribution in [3.63, 3.8) is 0 Å². The van der Waals surface area contributed by atoms with Gasteiger partial charge in [-0.3, -0.25) is 0 Å². The molecule has 1 aliphatic rings. The normalized spacial score (nSPS) is 13.3. The zero-order valence-electron chi connectivity index (χ0n) is 24.6. The van der Waals surface area contributed by atoms with Crippen molar-refractivity contribution in [3.05, 3.63) is 157 Å². The highest BCUT2D eigenvalue weighted by atomic mass is 14.4. The van der Waals surface area contributed by atoms with Gasteiger partial charge in [-0.15, -0.1) is 0 Å². The van der Waals surface area contributed by atoms with Crippen LogP contribution in [0.4, 0.5) is 0 Å². The highest BCUT2D eigenvalue weighted by Crippen LogP contribution is 2.50. The maximum atomic E-state index is 4.30. The number of fused-ring (bicyclic) bond motifs is 7. The Hall–Kier alpha value is -5.20. The third-order valence-corrected chi connectivity index (χ3v) is 9.59. The molecule has 8 rings (SSSR count). The van der Waals surface area contributed by atoms with Crippen LogP contribution in [-0.2, 0) is 5.41 Å². The van der Waals surface area contributed by atoms with Gasteiger partial charge in [-0.05, 0) is 112 Å². The summed E-state index contributed by atoms with van der Waals surface area (Å²) in [5.41, 5.74) is 12.5. The molecular formula is C43H32. The van der Waals surface area contributed by atoms with Gasteiger partial charge >= 0.3 is 0 Å². The van der Waals surface area contributed by atoms with Gasteiger partial charge in [0.15, 0.2) is 0 Å². The van der Waals surface area contributed by atoms with Crippen LogP contribution in [0, 0.1) is 0 Å². The Morgan fingerprint density at radius 3 is 1.95 bits per heavy atom. The van der Waals surface area contributed by atoms with Crippen molar-refractivity contribution in [2.45, 2.75) is 19.3 Å². The van der Waals surface area contributed by atoms with Gasteiger partial charge in [-0.25, -0.2) is 0 Å². The molecule has 0 heteroatoms. The van der Waals surface area contributed by atoms with Crippen molar-refractivity contribution in [1.82, 2.24) is 0 Å². The molecule has 0 heterocycles. The second kappa shape index (κ2) is 9.41. The first-order chi connectivity index (χ1) is 21.0. The first kappa shape index (κ1) is 25.5. The second-order valence-electron chi connectivity index (χ2n) is 12.2. The third kappa shape index (κ3) is 3.70. The van der Waals surface area contributed by atoms with Gasteiger partial charge in [0.1, 0.15) is 0 Å². The molecule has 7 aromatic carbocycles. The fraction of sp³-hybridized carbons (Fsp3) is 0.0698. The minimum atomic E-state index is -0.0440. The van der Waals surface area contributed by atoms with Crippen LogP contribution in [0.5, 0.6) is 0 Å². The highest BCUT2D eigenvalue weighted by molar-refractivity contribution is 6.15. The maximum Gasteiger partial charge on any atom is 0.0159 e. The van der Waals surface area contributed by atoms with Crippen LogP contribution >= 0.6 is 0 Å². The summed E-state index contributed by atoms with van der Waals surface area (Å²) in [6.07, 6.45) is 4.01. The van der Waals surface area contributed by atoms with E-state index in [9.17, 15) is 0 Å². The van der Waals surface area contributed by atoms with Gasteiger partial charge in [0.2, 0.25) is 0 Å². The molecule has 0 atom stereocenters. The van der Waals surface area contributed by atoms with E-state index in [1.807, 2.05) is 12.2 Å². The standard InChI is InChI=1S/C43H32/c1-5-32-33(6-2)42-30(20-19-27-13-7-10-16-35(27)42)24-38(32)39-25-31(23-29-14-8-9-15-34(29)39)28-21-22-37-36-17-11-12-18-40(36)43(3,4)41(37)26-28/h5-26H,1-2H2,3-4H3. The van der Waals surface area contributed by atoms with Crippen LogP contribution in [0.1, 0.15) is 36.1 Å². The SMILES string of the molecule is C=Cc1c(-c2cc(-c3ccc4c(c3)C(C)(C)c3ccccc3-4)cc3ccccc23)cc2ccc3ccccc3c2c1C=C. The molecule has 0 radical (unpaired) electrons. The molecule has 43 heavy (non-hydrogen) atoms. The van der Waals surface area contributed by atoms with Crippen molar-refractivity contribution in [2.75, 3.05) is 0 Å². The van der Waals surface area contributed by atoms with Gasteiger partial charge in [0, 0.05) is 5.41 Å². The summed E-state index contributed by atoms with van der Waals surface area (Å²) in [6.45, 7) is 13.3. The molecule has 0 saturated carbocycles. The summed E-state index contributed by atoms with van der Waals surface area (Å²) in [6, 6.07) is 44.7. The maximum absolute atomic E-state index is 4.30. The highest BCUT2D eigenvalue weighted by Gasteiger charge is 2.35. The van der Waals surface area contributed by atoms with Gasteiger partial charge in [-0.2, -0.15) is 0 Å². The lowest BCUT2D eigenvalue weighted by Crippen LogP contribution is -2.14. The van der Waals surface area contributed by atoms with E-state index in [2.05, 4.69) is 148 Å². The van der Waals surface area contributed by atoms with Crippen LogP contribution in [0.3, 0.4) is 0 Å². The largest absolute Gasteiger partial charge is 0.0984 e. The lowest BCUT2D eigenvalue weighted by atomic mass is 9.81. The molecule has 0 fully saturated rings. The van der Waals surface area contributed by atoms with E-state index in [4.69, 9.17) is 0 Å². The van der Waals surface area contributed by atoms with Crippen molar-refractivity contribution in [1.29, 1.82) is 0 Å². The van der Waals surface area contributed by atoms with Crippen LogP contribution in [0.2, 0.25) is 0 Å². The topological polar surface area (TPSA) is 0 Å². The molecule has 1 aliphatic carbocycles. The Morgan fingerprint density at radius 1 is 0.465 bits per heavy atom. The third-order valence-electron chi connectivity index (χ3n) is 9.59. The van der Waals surface area contributed by atoms with E-state index in [0.717, 1.165) is 11.1 Å². The molecule has 0 unspecified atom stereocenters. The average Bonchev–Trinajstić information content (AvgIpc) is 3.28. The molecule has 7 aromatic rings. The van der Waals surface area contributed by atoms with Crippen LogP contribution < -0.4 is 0 Å². The van der Waals surface area contributed by atoms with Crippen LogP contribution in [-0.4, -0.2) is 0 Å². The monoisotopic (exact) mass is 548 g/mol. The summed E-state index contributed by atoms with van der Waals surface area (Å²) in [5, 5.41) is 7.37. The average molecular weight is 549 g/mol. The molecule has 0 nitrogen and oxygen atoms in total. The first-order valence-corrected chi connectivity index (χ1v) is 15.0. The summed E-state index contributed by atoms with van der Waals surface area (Å²) >= 11 is 0. The van der Waals surface area contributed by atoms with Crippen LogP contribution in [0.25, 0.3) is 77.9 Å². The molecule has 0 bridgehead atoms. The molecule has 0 spiro atoms. The number of hydrogen-bond acceptors (Lipinski definition) is 0. The predicted molar refractivity (Wildman–Crippen MR) is 188 cm³/mol.